The predicted octanol–water partition coefficient (Wildman–Crippen LogP) is 9.56. The minimum Gasteiger partial charge on any atom is -0.494 e. The van der Waals surface area contributed by atoms with E-state index in [9.17, 15) is 19.5 Å². The van der Waals surface area contributed by atoms with Gasteiger partial charge < -0.3 is 23.9 Å². The highest BCUT2D eigenvalue weighted by Crippen LogP contribution is 2.41. The summed E-state index contributed by atoms with van der Waals surface area (Å²) in [6.45, 7) is 8.26. The lowest BCUT2D eigenvalue weighted by Gasteiger charge is -2.31. The van der Waals surface area contributed by atoms with Gasteiger partial charge in [-0.3, -0.25) is 39.3 Å². The summed E-state index contributed by atoms with van der Waals surface area (Å²) >= 11 is 0. The molecule has 0 spiro atoms. The van der Waals surface area contributed by atoms with E-state index in [1.54, 1.807) is 23.6 Å². The molecule has 388 valence electrons. The van der Waals surface area contributed by atoms with Crippen molar-refractivity contribution in [1.29, 1.82) is 0 Å². The van der Waals surface area contributed by atoms with E-state index in [1.165, 1.54) is 0 Å². The Morgan fingerprint density at radius 2 is 1.25 bits per heavy atom. The average molecular weight is 1020 g/mol. The van der Waals surface area contributed by atoms with Crippen LogP contribution in [0.15, 0.2) is 145 Å². The van der Waals surface area contributed by atoms with Crippen molar-refractivity contribution in [3.63, 3.8) is 0 Å². The standard InChI is InChI=1S/C61H62N8O7/c1-3-50-51-32-48(22-23-55(51)66-58-52(50)40-69-56(58)33-54-53(59(69)71)41-75-60(72)61(54,73)4-2)76-57(70)21-7-5-6-16-28-74-49-30-42(34-67(36-44-17-8-12-24-62-44)37-45-18-9-13-25-63-45)29-43(31-49)35-68(38-46-19-10-14-26-64-46)39-47-20-11-15-27-65-47/h8-15,17-20,22-27,29-33,73H,3-7,16,21,28,34-41H2,1-2H3/t61-/m1/s1. The third kappa shape index (κ3) is 11.9. The van der Waals surface area contributed by atoms with Gasteiger partial charge in [0.15, 0.2) is 5.60 Å². The first-order valence-electron chi connectivity index (χ1n) is 26.3. The second kappa shape index (κ2) is 23.7. The van der Waals surface area contributed by atoms with Crippen molar-refractivity contribution < 1.29 is 28.9 Å². The minimum atomic E-state index is -1.90. The van der Waals surface area contributed by atoms with E-state index < -0.39 is 11.6 Å². The average Bonchev–Trinajstić information content (AvgIpc) is 3.82. The number of rotatable bonds is 23. The van der Waals surface area contributed by atoms with Crippen molar-refractivity contribution in [1.82, 2.24) is 39.3 Å². The summed E-state index contributed by atoms with van der Waals surface area (Å²) in [5.41, 5.74) is 8.29. The molecule has 0 saturated heterocycles. The molecular weight excluding hydrogens is 957 g/mol. The molecular formula is C61H62N8O7. The number of ether oxygens (including phenoxy) is 3. The van der Waals surface area contributed by atoms with Gasteiger partial charge in [-0.2, -0.15) is 0 Å². The van der Waals surface area contributed by atoms with E-state index in [0.29, 0.717) is 87.9 Å². The maximum absolute atomic E-state index is 13.8. The molecule has 1 N–H and O–H groups in total. The molecule has 8 aromatic rings. The van der Waals surface area contributed by atoms with Gasteiger partial charge in [-0.1, -0.05) is 57.0 Å². The molecule has 0 saturated carbocycles. The molecule has 8 heterocycles. The normalized spacial score (nSPS) is 14.6. The Hall–Kier alpha value is -7.98. The Bertz CT molecular complexity index is 3190. The van der Waals surface area contributed by atoms with Crippen molar-refractivity contribution in [3.05, 3.63) is 207 Å². The molecule has 0 unspecified atom stereocenters. The first kappa shape index (κ1) is 51.5. The molecule has 0 aliphatic carbocycles. The van der Waals surface area contributed by atoms with Crippen LogP contribution in [0, 0.1) is 0 Å². The van der Waals surface area contributed by atoms with Gasteiger partial charge in [-0.25, -0.2) is 9.78 Å². The van der Waals surface area contributed by atoms with Gasteiger partial charge in [-0.15, -0.1) is 0 Å². The monoisotopic (exact) mass is 1020 g/mol. The van der Waals surface area contributed by atoms with E-state index in [-0.39, 0.29) is 42.1 Å². The van der Waals surface area contributed by atoms with E-state index in [4.69, 9.17) is 19.2 Å². The van der Waals surface area contributed by atoms with Crippen LogP contribution in [-0.4, -0.2) is 62.9 Å². The fraction of sp³-hybridized carbons (Fsp3) is 0.311. The largest absolute Gasteiger partial charge is 0.494 e. The number of hydrogen-bond acceptors (Lipinski definition) is 14. The number of carbonyl (C=O) groups is 2. The molecule has 2 aliphatic heterocycles. The number of aliphatic hydroxyl groups is 1. The molecule has 15 nitrogen and oxygen atoms in total. The first-order valence-corrected chi connectivity index (χ1v) is 26.3. The predicted molar refractivity (Wildman–Crippen MR) is 287 cm³/mol. The molecule has 15 heteroatoms. The Morgan fingerprint density at radius 3 is 1.79 bits per heavy atom. The zero-order valence-corrected chi connectivity index (χ0v) is 43.1. The number of aromatic nitrogens is 6. The SMILES string of the molecule is CCc1c2c(nc3ccc(OC(=O)CCCCCCOc4cc(CN(Cc5ccccn5)Cc5ccccn5)cc(CN(Cc5ccccn5)Cc5ccccn5)c4)cc13)-c1cc3c(c(=O)n1C2)COC(=O)[C@@]3(O)CC. The molecule has 0 radical (unpaired) electrons. The van der Waals surface area contributed by atoms with Gasteiger partial charge in [0, 0.05) is 87.0 Å². The van der Waals surface area contributed by atoms with E-state index in [0.717, 1.165) is 75.4 Å². The molecule has 76 heavy (non-hydrogen) atoms. The summed E-state index contributed by atoms with van der Waals surface area (Å²) in [7, 11) is 0. The smallest absolute Gasteiger partial charge is 0.343 e. The lowest BCUT2D eigenvalue weighted by atomic mass is 9.86. The Morgan fingerprint density at radius 1 is 0.671 bits per heavy atom. The van der Waals surface area contributed by atoms with Crippen LogP contribution in [0.25, 0.3) is 22.3 Å². The number of benzene rings is 2. The van der Waals surface area contributed by atoms with Gasteiger partial charge in [0.1, 0.15) is 18.1 Å². The van der Waals surface area contributed by atoms with E-state index in [2.05, 4.69) is 72.2 Å². The Kier molecular flexibility index (Phi) is 16.1. The molecule has 6 aromatic heterocycles. The van der Waals surface area contributed by atoms with Crippen LogP contribution in [0.2, 0.25) is 0 Å². The van der Waals surface area contributed by atoms with Crippen molar-refractivity contribution in [2.24, 2.45) is 0 Å². The van der Waals surface area contributed by atoms with Gasteiger partial charge in [0.25, 0.3) is 5.56 Å². The number of esters is 2. The summed E-state index contributed by atoms with van der Waals surface area (Å²) in [5.74, 6) is 0.175. The van der Waals surface area contributed by atoms with Crippen molar-refractivity contribution in [2.45, 2.75) is 117 Å². The molecule has 1 atom stereocenters. The summed E-state index contributed by atoms with van der Waals surface area (Å²) in [6.07, 6.45) is 11.5. The van der Waals surface area contributed by atoms with E-state index in [1.807, 2.05) is 92.4 Å². The lowest BCUT2D eigenvalue weighted by Crippen LogP contribution is -2.44. The molecule has 0 bridgehead atoms. The second-order valence-corrected chi connectivity index (χ2v) is 19.6. The van der Waals surface area contributed by atoms with E-state index >= 15 is 0 Å². The van der Waals surface area contributed by atoms with Gasteiger partial charge in [-0.05, 0) is 127 Å². The van der Waals surface area contributed by atoms with Crippen LogP contribution in [0.4, 0.5) is 0 Å². The van der Waals surface area contributed by atoms with Crippen LogP contribution in [0.5, 0.6) is 11.5 Å². The highest BCUT2D eigenvalue weighted by molar-refractivity contribution is 5.90. The fourth-order valence-electron chi connectivity index (χ4n) is 10.4. The Labute approximate surface area is 442 Å². The molecule has 0 fully saturated rings. The molecule has 0 amide bonds. The van der Waals surface area contributed by atoms with Crippen LogP contribution in [0.3, 0.4) is 0 Å². The van der Waals surface area contributed by atoms with Crippen molar-refractivity contribution in [3.8, 4) is 22.9 Å². The topological polar surface area (TPSA) is 175 Å². The highest BCUT2D eigenvalue weighted by Gasteiger charge is 2.45. The van der Waals surface area contributed by atoms with Gasteiger partial charge in [0.05, 0.1) is 58.4 Å². The fourth-order valence-corrected chi connectivity index (χ4v) is 10.4. The number of nitrogens with zero attached hydrogens (tertiary/aromatic N) is 8. The first-order chi connectivity index (χ1) is 37.1. The zero-order valence-electron chi connectivity index (χ0n) is 43.1. The lowest BCUT2D eigenvalue weighted by molar-refractivity contribution is -0.172. The van der Waals surface area contributed by atoms with Crippen LogP contribution < -0.4 is 15.0 Å². The van der Waals surface area contributed by atoms with Gasteiger partial charge in [0.2, 0.25) is 0 Å². The summed E-state index contributed by atoms with van der Waals surface area (Å²) in [6, 6.07) is 37.7. The summed E-state index contributed by atoms with van der Waals surface area (Å²) in [4.78, 5) is 68.0. The van der Waals surface area contributed by atoms with Crippen LogP contribution in [-0.2, 0) is 78.8 Å². The highest BCUT2D eigenvalue weighted by atomic mass is 16.6. The number of aryl methyl sites for hydroxylation is 1. The maximum Gasteiger partial charge on any atom is 0.343 e. The maximum atomic E-state index is 13.8. The number of unbranched alkanes of at least 4 members (excludes halogenated alkanes) is 3. The number of fused-ring (bicyclic) bond motifs is 5. The number of hydrogen-bond donors (Lipinski definition) is 1. The Balaban J connectivity index is 0.780. The van der Waals surface area contributed by atoms with Crippen molar-refractivity contribution in [2.75, 3.05) is 6.61 Å². The quantitative estimate of drug-likeness (QED) is 0.0364. The number of pyridine rings is 6. The van der Waals surface area contributed by atoms with Crippen LogP contribution >= 0.6 is 0 Å². The number of carbonyl (C=O) groups excluding carboxylic acids is 2. The number of cyclic esters (lactones) is 1. The minimum absolute atomic E-state index is 0.0700. The van der Waals surface area contributed by atoms with Crippen LogP contribution in [0.1, 0.15) is 109 Å². The third-order valence-corrected chi connectivity index (χ3v) is 14.2. The molecule has 10 rings (SSSR count). The summed E-state index contributed by atoms with van der Waals surface area (Å²) < 4.78 is 19.3. The van der Waals surface area contributed by atoms with Crippen molar-refractivity contribution >= 4 is 22.8 Å². The third-order valence-electron chi connectivity index (χ3n) is 14.2. The summed E-state index contributed by atoms with van der Waals surface area (Å²) in [5, 5.41) is 12.1. The molecule has 2 aromatic carbocycles. The second-order valence-electron chi connectivity index (χ2n) is 19.6. The zero-order chi connectivity index (χ0) is 52.4. The van der Waals surface area contributed by atoms with Gasteiger partial charge >= 0.3 is 11.9 Å². The molecule has 2 aliphatic rings.